The Morgan fingerprint density at radius 3 is 2.09 bits per heavy atom. The zero-order valence-electron chi connectivity index (χ0n) is 19.2. The number of hydrogen-bond acceptors (Lipinski definition) is 8. The van der Waals surface area contributed by atoms with Gasteiger partial charge in [0.2, 0.25) is 0 Å². The first-order valence-corrected chi connectivity index (χ1v) is 10.4. The van der Waals surface area contributed by atoms with E-state index in [0.29, 0.717) is 16.5 Å². The number of esters is 3. The van der Waals surface area contributed by atoms with Crippen molar-refractivity contribution in [1.29, 1.82) is 0 Å². The molecule has 0 saturated heterocycles. The number of rotatable bonds is 7. The van der Waals surface area contributed by atoms with E-state index in [2.05, 4.69) is 19.8 Å². The van der Waals surface area contributed by atoms with Gasteiger partial charge in [-0.25, -0.2) is 14.4 Å². The summed E-state index contributed by atoms with van der Waals surface area (Å²) in [6.07, 6.45) is 0. The lowest BCUT2D eigenvalue weighted by atomic mass is 10.0. The second kappa shape index (κ2) is 10.6. The fourth-order valence-corrected chi connectivity index (χ4v) is 3.24. The van der Waals surface area contributed by atoms with Crippen molar-refractivity contribution in [3.05, 3.63) is 70.9 Å². The molecule has 9 heteroatoms. The lowest BCUT2D eigenvalue weighted by Crippen LogP contribution is -2.22. The number of carbonyl (C=O) groups is 4. The van der Waals surface area contributed by atoms with Crippen molar-refractivity contribution in [3.63, 3.8) is 0 Å². The number of methoxy groups -OCH3 is 2. The molecule has 0 saturated carbocycles. The predicted molar refractivity (Wildman–Crippen MR) is 124 cm³/mol. The van der Waals surface area contributed by atoms with Crippen LogP contribution in [0, 0.1) is 0 Å². The molecule has 0 unspecified atom stereocenters. The maximum Gasteiger partial charge on any atom is 0.339 e. The molecule has 0 spiro atoms. The maximum absolute atomic E-state index is 12.8. The summed E-state index contributed by atoms with van der Waals surface area (Å²) in [6, 6.07) is 12.8. The average molecular weight is 464 g/mol. The highest BCUT2D eigenvalue weighted by atomic mass is 16.5. The molecule has 0 aliphatic heterocycles. The Hall–Kier alpha value is -4.27. The van der Waals surface area contributed by atoms with E-state index in [-0.39, 0.29) is 22.7 Å². The Morgan fingerprint density at radius 2 is 1.50 bits per heavy atom. The van der Waals surface area contributed by atoms with Crippen LogP contribution >= 0.6 is 0 Å². The van der Waals surface area contributed by atoms with Crippen LogP contribution < -0.4 is 5.32 Å². The quantitative estimate of drug-likeness (QED) is 0.415. The maximum atomic E-state index is 12.8. The highest BCUT2D eigenvalue weighted by Gasteiger charge is 2.18. The van der Waals surface area contributed by atoms with Gasteiger partial charge in [-0.05, 0) is 36.2 Å². The molecular formula is C25H24N2O7. The molecule has 176 valence electrons. The third kappa shape index (κ3) is 5.55. The van der Waals surface area contributed by atoms with Crippen molar-refractivity contribution < 1.29 is 33.4 Å². The van der Waals surface area contributed by atoms with Crippen molar-refractivity contribution in [2.45, 2.75) is 19.8 Å². The largest absolute Gasteiger partial charge is 0.465 e. The molecule has 0 fully saturated rings. The van der Waals surface area contributed by atoms with E-state index in [0.717, 1.165) is 5.69 Å². The Morgan fingerprint density at radius 1 is 0.882 bits per heavy atom. The molecule has 1 N–H and O–H groups in total. The number of hydrogen-bond donors (Lipinski definition) is 1. The number of nitrogens with one attached hydrogen (secondary N) is 1. The Balaban J connectivity index is 1.77. The number of ether oxygens (including phenoxy) is 3. The summed E-state index contributed by atoms with van der Waals surface area (Å²) in [4.78, 5) is 53.6. The summed E-state index contributed by atoms with van der Waals surface area (Å²) < 4.78 is 14.6. The second-order valence-electron chi connectivity index (χ2n) is 7.67. The molecule has 1 heterocycles. The van der Waals surface area contributed by atoms with Gasteiger partial charge >= 0.3 is 17.9 Å². The first kappa shape index (κ1) is 24.4. The summed E-state index contributed by atoms with van der Waals surface area (Å²) in [5.41, 5.74) is 1.91. The first-order valence-electron chi connectivity index (χ1n) is 10.4. The average Bonchev–Trinajstić information content (AvgIpc) is 2.85. The van der Waals surface area contributed by atoms with Gasteiger partial charge in [-0.3, -0.25) is 9.78 Å². The first-order chi connectivity index (χ1) is 16.2. The molecule has 0 bridgehead atoms. The molecule has 34 heavy (non-hydrogen) atoms. The Bertz CT molecular complexity index is 1230. The van der Waals surface area contributed by atoms with Crippen LogP contribution in [0.2, 0.25) is 0 Å². The standard InChI is InChI=1S/C25H24N2O7/c1-14(2)21-12-19(18-7-5-6-8-20(18)27-21)25(31)34-13-22(28)26-17-10-15(23(29)32-3)9-16(11-17)24(30)33-4/h5-12,14H,13H2,1-4H3,(H,26,28). The van der Waals surface area contributed by atoms with Gasteiger partial charge in [-0.15, -0.1) is 0 Å². The van der Waals surface area contributed by atoms with Gasteiger partial charge in [-0.1, -0.05) is 32.0 Å². The molecule has 2 aromatic carbocycles. The number of para-hydroxylation sites is 1. The van der Waals surface area contributed by atoms with E-state index in [1.807, 2.05) is 19.9 Å². The van der Waals surface area contributed by atoms with Gasteiger partial charge in [0.25, 0.3) is 5.91 Å². The summed E-state index contributed by atoms with van der Waals surface area (Å²) in [5.74, 6) is -2.63. The number of carbonyl (C=O) groups excluding carboxylic acids is 4. The van der Waals surface area contributed by atoms with Gasteiger partial charge < -0.3 is 19.5 Å². The van der Waals surface area contributed by atoms with E-state index in [9.17, 15) is 19.2 Å². The topological polar surface area (TPSA) is 121 Å². The Labute approximate surface area is 196 Å². The van der Waals surface area contributed by atoms with Gasteiger partial charge in [0, 0.05) is 16.8 Å². The molecule has 9 nitrogen and oxygen atoms in total. The summed E-state index contributed by atoms with van der Waals surface area (Å²) in [7, 11) is 2.39. The summed E-state index contributed by atoms with van der Waals surface area (Å²) in [5, 5.41) is 3.13. The lowest BCUT2D eigenvalue weighted by Gasteiger charge is -2.12. The van der Waals surface area contributed by atoms with Crippen LogP contribution in [-0.4, -0.2) is 49.6 Å². The number of benzene rings is 2. The highest BCUT2D eigenvalue weighted by Crippen LogP contribution is 2.23. The number of aromatic nitrogens is 1. The third-order valence-corrected chi connectivity index (χ3v) is 4.94. The number of amides is 1. The summed E-state index contributed by atoms with van der Waals surface area (Å²) >= 11 is 0. The normalized spacial score (nSPS) is 10.6. The lowest BCUT2D eigenvalue weighted by molar-refractivity contribution is -0.119. The minimum Gasteiger partial charge on any atom is -0.465 e. The van der Waals surface area contributed by atoms with Gasteiger partial charge in [-0.2, -0.15) is 0 Å². The van der Waals surface area contributed by atoms with E-state index < -0.39 is 30.4 Å². The Kier molecular flexibility index (Phi) is 7.57. The van der Waals surface area contributed by atoms with Crippen LogP contribution in [0.5, 0.6) is 0 Å². The van der Waals surface area contributed by atoms with Crippen LogP contribution in [0.25, 0.3) is 10.9 Å². The predicted octanol–water partition coefficient (Wildman–Crippen LogP) is 3.73. The molecule has 3 aromatic rings. The van der Waals surface area contributed by atoms with Crippen molar-refractivity contribution in [2.24, 2.45) is 0 Å². The number of fused-ring (bicyclic) bond motifs is 1. The summed E-state index contributed by atoms with van der Waals surface area (Å²) in [6.45, 7) is 3.35. The molecule has 0 radical (unpaired) electrons. The van der Waals surface area contributed by atoms with Gasteiger partial charge in [0.15, 0.2) is 6.61 Å². The SMILES string of the molecule is COC(=O)c1cc(NC(=O)COC(=O)c2cc(C(C)C)nc3ccccc23)cc(C(=O)OC)c1. The molecule has 3 rings (SSSR count). The van der Waals surface area contributed by atoms with E-state index in [1.165, 1.54) is 32.4 Å². The van der Waals surface area contributed by atoms with Crippen molar-refractivity contribution in [1.82, 2.24) is 4.98 Å². The van der Waals surface area contributed by atoms with Crippen LogP contribution in [0.3, 0.4) is 0 Å². The van der Waals surface area contributed by atoms with E-state index >= 15 is 0 Å². The van der Waals surface area contributed by atoms with Crippen LogP contribution in [0.1, 0.15) is 56.5 Å². The van der Waals surface area contributed by atoms with Crippen LogP contribution in [0.4, 0.5) is 5.69 Å². The third-order valence-electron chi connectivity index (χ3n) is 4.94. The molecule has 0 aliphatic rings. The fraction of sp³-hybridized carbons (Fsp3) is 0.240. The number of anilines is 1. The van der Waals surface area contributed by atoms with Crippen molar-refractivity contribution >= 4 is 40.4 Å². The second-order valence-corrected chi connectivity index (χ2v) is 7.67. The molecular weight excluding hydrogens is 440 g/mol. The van der Waals surface area contributed by atoms with Crippen molar-refractivity contribution in [3.8, 4) is 0 Å². The zero-order valence-corrected chi connectivity index (χ0v) is 19.2. The smallest absolute Gasteiger partial charge is 0.339 e. The molecule has 0 atom stereocenters. The van der Waals surface area contributed by atoms with Crippen LogP contribution in [-0.2, 0) is 19.0 Å². The number of pyridine rings is 1. The van der Waals surface area contributed by atoms with Crippen LogP contribution in [0.15, 0.2) is 48.5 Å². The van der Waals surface area contributed by atoms with Crippen molar-refractivity contribution in [2.75, 3.05) is 26.1 Å². The van der Waals surface area contributed by atoms with Gasteiger partial charge in [0.05, 0.1) is 36.4 Å². The minimum atomic E-state index is -0.696. The minimum absolute atomic E-state index is 0.0437. The number of nitrogens with zero attached hydrogens (tertiary/aromatic N) is 1. The monoisotopic (exact) mass is 464 g/mol. The molecule has 1 amide bonds. The molecule has 0 aliphatic carbocycles. The highest BCUT2D eigenvalue weighted by molar-refractivity contribution is 6.05. The zero-order chi connectivity index (χ0) is 24.8. The molecule has 1 aromatic heterocycles. The fourth-order valence-electron chi connectivity index (χ4n) is 3.24. The van der Waals surface area contributed by atoms with E-state index in [1.54, 1.807) is 24.3 Å². The van der Waals surface area contributed by atoms with Gasteiger partial charge in [0.1, 0.15) is 0 Å². The van der Waals surface area contributed by atoms with E-state index in [4.69, 9.17) is 4.74 Å².